The zero-order chi connectivity index (χ0) is 12.0. The summed E-state index contributed by atoms with van der Waals surface area (Å²) < 4.78 is 10.4. The van der Waals surface area contributed by atoms with Crippen LogP contribution in [0.15, 0.2) is 0 Å². The minimum absolute atomic E-state index is 0.0551. The molecule has 1 aliphatic rings. The van der Waals surface area contributed by atoms with Crippen LogP contribution in [0.3, 0.4) is 0 Å². The van der Waals surface area contributed by atoms with Crippen LogP contribution in [0, 0.1) is 5.92 Å². The molecule has 0 aromatic heterocycles. The summed E-state index contributed by atoms with van der Waals surface area (Å²) >= 11 is 0. The molecule has 1 unspecified atom stereocenters. The molecule has 0 bridgehead atoms. The van der Waals surface area contributed by atoms with Gasteiger partial charge in [-0.05, 0) is 27.2 Å². The predicted octanol–water partition coefficient (Wildman–Crippen LogP) is 1.34. The number of carbonyl (C=O) groups excluding carboxylic acids is 1. The van der Waals surface area contributed by atoms with E-state index in [1.807, 2.05) is 0 Å². The monoisotopic (exact) mass is 229 g/mol. The topological polar surface area (TPSA) is 47.6 Å². The molecule has 0 aromatic carbocycles. The molecule has 1 N–H and O–H groups in total. The van der Waals surface area contributed by atoms with Gasteiger partial charge in [0.15, 0.2) is 0 Å². The van der Waals surface area contributed by atoms with Crippen LogP contribution < -0.4 is 5.32 Å². The fourth-order valence-electron chi connectivity index (χ4n) is 1.54. The number of rotatable bonds is 5. The summed E-state index contributed by atoms with van der Waals surface area (Å²) in [5.41, 5.74) is 0.0551. The maximum Gasteiger partial charge on any atom is 0.307 e. The van der Waals surface area contributed by atoms with Crippen LogP contribution in [-0.2, 0) is 14.3 Å². The van der Waals surface area contributed by atoms with Gasteiger partial charge in [-0.2, -0.15) is 0 Å². The SMILES string of the molecule is CC(C)(C)NCCC(=O)OCC1CCOC1. The summed E-state index contributed by atoms with van der Waals surface area (Å²) in [6.45, 7) is 8.94. The average Bonchev–Trinajstić information content (AvgIpc) is 2.65. The molecule has 94 valence electrons. The van der Waals surface area contributed by atoms with E-state index in [0.717, 1.165) is 19.6 Å². The lowest BCUT2D eigenvalue weighted by Crippen LogP contribution is -2.37. The Morgan fingerprint density at radius 2 is 2.25 bits per heavy atom. The van der Waals surface area contributed by atoms with Crippen molar-refractivity contribution in [3.63, 3.8) is 0 Å². The third-order valence-corrected chi connectivity index (χ3v) is 2.49. The van der Waals surface area contributed by atoms with Crippen molar-refractivity contribution in [1.82, 2.24) is 5.32 Å². The van der Waals surface area contributed by atoms with Crippen molar-refractivity contribution in [2.24, 2.45) is 5.92 Å². The van der Waals surface area contributed by atoms with Crippen molar-refractivity contribution in [2.45, 2.75) is 39.2 Å². The predicted molar refractivity (Wildman–Crippen MR) is 62.3 cm³/mol. The van der Waals surface area contributed by atoms with Crippen LogP contribution >= 0.6 is 0 Å². The molecule has 1 fully saturated rings. The minimum atomic E-state index is -0.122. The van der Waals surface area contributed by atoms with E-state index in [1.165, 1.54) is 0 Å². The van der Waals surface area contributed by atoms with Crippen LogP contribution in [0.4, 0.5) is 0 Å². The van der Waals surface area contributed by atoms with Crippen molar-refractivity contribution >= 4 is 5.97 Å². The fourth-order valence-corrected chi connectivity index (χ4v) is 1.54. The Morgan fingerprint density at radius 3 is 2.81 bits per heavy atom. The van der Waals surface area contributed by atoms with E-state index in [4.69, 9.17) is 9.47 Å². The van der Waals surface area contributed by atoms with Gasteiger partial charge in [0.1, 0.15) is 0 Å². The molecule has 4 nitrogen and oxygen atoms in total. The highest BCUT2D eigenvalue weighted by molar-refractivity contribution is 5.69. The lowest BCUT2D eigenvalue weighted by atomic mass is 10.1. The summed E-state index contributed by atoms with van der Waals surface area (Å²) in [5.74, 6) is 0.281. The number of ether oxygens (including phenoxy) is 2. The maximum atomic E-state index is 11.4. The molecule has 1 saturated heterocycles. The van der Waals surface area contributed by atoms with Crippen LogP contribution in [0.1, 0.15) is 33.6 Å². The van der Waals surface area contributed by atoms with Gasteiger partial charge in [0.05, 0.1) is 19.6 Å². The molecule has 1 atom stereocenters. The first-order valence-electron chi connectivity index (χ1n) is 5.96. The summed E-state index contributed by atoms with van der Waals surface area (Å²) in [6.07, 6.45) is 1.44. The fraction of sp³-hybridized carbons (Fsp3) is 0.917. The number of carbonyl (C=O) groups is 1. The minimum Gasteiger partial charge on any atom is -0.465 e. The highest BCUT2D eigenvalue weighted by Crippen LogP contribution is 2.12. The Hall–Kier alpha value is -0.610. The van der Waals surface area contributed by atoms with Crippen molar-refractivity contribution in [2.75, 3.05) is 26.4 Å². The largest absolute Gasteiger partial charge is 0.465 e. The Bertz CT molecular complexity index is 217. The quantitative estimate of drug-likeness (QED) is 0.723. The molecule has 16 heavy (non-hydrogen) atoms. The molecule has 0 aromatic rings. The second kappa shape index (κ2) is 6.21. The molecule has 0 aliphatic carbocycles. The molecular formula is C12H23NO3. The van der Waals surface area contributed by atoms with Gasteiger partial charge < -0.3 is 14.8 Å². The van der Waals surface area contributed by atoms with Gasteiger partial charge in [-0.15, -0.1) is 0 Å². The van der Waals surface area contributed by atoms with Crippen molar-refractivity contribution in [3.8, 4) is 0 Å². The van der Waals surface area contributed by atoms with Gasteiger partial charge in [0.25, 0.3) is 0 Å². The van der Waals surface area contributed by atoms with E-state index in [0.29, 0.717) is 25.5 Å². The molecular weight excluding hydrogens is 206 g/mol. The molecule has 0 amide bonds. The Morgan fingerprint density at radius 1 is 1.50 bits per heavy atom. The molecule has 0 saturated carbocycles. The van der Waals surface area contributed by atoms with E-state index < -0.39 is 0 Å². The Labute approximate surface area is 97.7 Å². The van der Waals surface area contributed by atoms with Gasteiger partial charge in [0.2, 0.25) is 0 Å². The van der Waals surface area contributed by atoms with Crippen LogP contribution in [-0.4, -0.2) is 37.9 Å². The molecule has 4 heteroatoms. The second-order valence-corrected chi connectivity index (χ2v) is 5.34. The lowest BCUT2D eigenvalue weighted by Gasteiger charge is -2.20. The summed E-state index contributed by atoms with van der Waals surface area (Å²) in [5, 5.41) is 3.26. The summed E-state index contributed by atoms with van der Waals surface area (Å²) in [7, 11) is 0. The first-order chi connectivity index (χ1) is 7.47. The Kier molecular flexibility index (Phi) is 5.22. The van der Waals surface area contributed by atoms with Crippen molar-refractivity contribution in [1.29, 1.82) is 0 Å². The van der Waals surface area contributed by atoms with Crippen LogP contribution in [0.25, 0.3) is 0 Å². The van der Waals surface area contributed by atoms with E-state index in [1.54, 1.807) is 0 Å². The van der Waals surface area contributed by atoms with Gasteiger partial charge in [0, 0.05) is 24.6 Å². The van der Waals surface area contributed by atoms with E-state index in [9.17, 15) is 4.79 Å². The first kappa shape index (κ1) is 13.5. The smallest absolute Gasteiger partial charge is 0.307 e. The zero-order valence-corrected chi connectivity index (χ0v) is 10.5. The van der Waals surface area contributed by atoms with E-state index >= 15 is 0 Å². The molecule has 1 aliphatic heterocycles. The summed E-state index contributed by atoms with van der Waals surface area (Å²) in [4.78, 5) is 11.4. The van der Waals surface area contributed by atoms with E-state index in [-0.39, 0.29) is 11.5 Å². The number of hydrogen-bond donors (Lipinski definition) is 1. The second-order valence-electron chi connectivity index (χ2n) is 5.34. The van der Waals surface area contributed by atoms with Gasteiger partial charge in [-0.1, -0.05) is 0 Å². The highest BCUT2D eigenvalue weighted by atomic mass is 16.5. The van der Waals surface area contributed by atoms with Crippen molar-refractivity contribution in [3.05, 3.63) is 0 Å². The molecule has 0 radical (unpaired) electrons. The first-order valence-corrected chi connectivity index (χ1v) is 5.96. The number of esters is 1. The third kappa shape index (κ3) is 6.08. The summed E-state index contributed by atoms with van der Waals surface area (Å²) in [6, 6.07) is 0. The molecule has 1 heterocycles. The van der Waals surface area contributed by atoms with Crippen LogP contribution in [0.5, 0.6) is 0 Å². The maximum absolute atomic E-state index is 11.4. The average molecular weight is 229 g/mol. The lowest BCUT2D eigenvalue weighted by molar-refractivity contribution is -0.144. The van der Waals surface area contributed by atoms with Crippen LogP contribution in [0.2, 0.25) is 0 Å². The standard InChI is InChI=1S/C12H23NO3/c1-12(2,3)13-6-4-11(14)16-9-10-5-7-15-8-10/h10,13H,4-9H2,1-3H3. The third-order valence-electron chi connectivity index (χ3n) is 2.49. The number of nitrogens with one attached hydrogen (secondary N) is 1. The van der Waals surface area contributed by atoms with E-state index in [2.05, 4.69) is 26.1 Å². The molecule has 1 rings (SSSR count). The highest BCUT2D eigenvalue weighted by Gasteiger charge is 2.17. The van der Waals surface area contributed by atoms with Gasteiger partial charge in [-0.3, -0.25) is 4.79 Å². The number of hydrogen-bond acceptors (Lipinski definition) is 4. The zero-order valence-electron chi connectivity index (χ0n) is 10.5. The normalized spacial score (nSPS) is 21.1. The van der Waals surface area contributed by atoms with Gasteiger partial charge in [-0.25, -0.2) is 0 Å². The Balaban J connectivity index is 2.02. The van der Waals surface area contributed by atoms with Gasteiger partial charge >= 0.3 is 5.97 Å². The molecule has 0 spiro atoms. The van der Waals surface area contributed by atoms with Crippen molar-refractivity contribution < 1.29 is 14.3 Å².